The molecule has 0 saturated heterocycles. The van der Waals surface area contributed by atoms with Crippen LogP contribution in [0.2, 0.25) is 0 Å². The second kappa shape index (κ2) is 7.00. The summed E-state index contributed by atoms with van der Waals surface area (Å²) in [4.78, 5) is 10.4. The number of nitrogens with zero attached hydrogens (tertiary/aromatic N) is 2. The molecule has 0 atom stereocenters. The molecule has 20 heavy (non-hydrogen) atoms. The smallest absolute Gasteiger partial charge is 0.303 e. The Kier molecular flexibility index (Phi) is 5.06. The average molecular weight is 336 g/mol. The van der Waals surface area contributed by atoms with Gasteiger partial charge in [-0.1, -0.05) is 28.1 Å². The summed E-state index contributed by atoms with van der Waals surface area (Å²) in [5.41, 5.74) is 1.80. The Morgan fingerprint density at radius 3 is 2.50 bits per heavy atom. The first-order chi connectivity index (χ1) is 9.65. The zero-order valence-corrected chi connectivity index (χ0v) is 12.3. The summed E-state index contributed by atoms with van der Waals surface area (Å²) in [7, 11) is 0. The molecule has 1 heterocycles. The number of hydrogen-bond donors (Lipinski definition) is 2. The first-order valence-electron chi connectivity index (χ1n) is 6.20. The highest BCUT2D eigenvalue weighted by atomic mass is 79.9. The van der Waals surface area contributed by atoms with E-state index in [2.05, 4.69) is 31.4 Å². The molecular weight excluding hydrogens is 322 g/mol. The van der Waals surface area contributed by atoms with E-state index in [-0.39, 0.29) is 6.42 Å². The Morgan fingerprint density at radius 2 is 1.90 bits per heavy atom. The van der Waals surface area contributed by atoms with Gasteiger partial charge in [0.1, 0.15) is 5.82 Å². The van der Waals surface area contributed by atoms with E-state index in [1.165, 1.54) is 0 Å². The Morgan fingerprint density at radius 1 is 1.15 bits per heavy atom. The second-order valence-corrected chi connectivity index (χ2v) is 5.15. The molecule has 0 bridgehead atoms. The lowest BCUT2D eigenvalue weighted by Gasteiger charge is -2.05. The normalized spacial score (nSPS) is 10.2. The SMILES string of the molecule is O=C(O)CCCNc1ccc(-c2ccc(Br)cc2)nn1. The van der Waals surface area contributed by atoms with E-state index >= 15 is 0 Å². The van der Waals surface area contributed by atoms with Crippen molar-refractivity contribution in [2.45, 2.75) is 12.8 Å². The van der Waals surface area contributed by atoms with E-state index < -0.39 is 5.97 Å². The van der Waals surface area contributed by atoms with E-state index in [0.717, 1.165) is 15.7 Å². The molecule has 0 saturated carbocycles. The van der Waals surface area contributed by atoms with E-state index in [4.69, 9.17) is 5.11 Å². The molecule has 2 aromatic rings. The molecule has 0 spiro atoms. The Hall–Kier alpha value is -1.95. The van der Waals surface area contributed by atoms with Crippen LogP contribution in [0.3, 0.4) is 0 Å². The van der Waals surface area contributed by atoms with Crippen LogP contribution < -0.4 is 5.32 Å². The molecule has 0 unspecified atom stereocenters. The van der Waals surface area contributed by atoms with Crippen molar-refractivity contribution in [3.05, 3.63) is 40.9 Å². The molecular formula is C14H14BrN3O2. The van der Waals surface area contributed by atoms with Gasteiger partial charge in [-0.15, -0.1) is 10.2 Å². The molecule has 5 nitrogen and oxygen atoms in total. The first-order valence-corrected chi connectivity index (χ1v) is 7.00. The fourth-order valence-electron chi connectivity index (χ4n) is 1.66. The van der Waals surface area contributed by atoms with Crippen LogP contribution in [0.5, 0.6) is 0 Å². The number of rotatable bonds is 6. The van der Waals surface area contributed by atoms with Gasteiger partial charge in [0.2, 0.25) is 0 Å². The van der Waals surface area contributed by atoms with Crippen molar-refractivity contribution in [2.75, 3.05) is 11.9 Å². The predicted octanol–water partition coefficient (Wildman–Crippen LogP) is 3.18. The van der Waals surface area contributed by atoms with E-state index in [1.807, 2.05) is 36.4 Å². The topological polar surface area (TPSA) is 75.1 Å². The van der Waals surface area contributed by atoms with E-state index in [9.17, 15) is 4.79 Å². The van der Waals surface area contributed by atoms with E-state index in [0.29, 0.717) is 18.8 Å². The zero-order chi connectivity index (χ0) is 14.4. The monoisotopic (exact) mass is 335 g/mol. The molecule has 0 aliphatic rings. The number of halogens is 1. The van der Waals surface area contributed by atoms with Crippen molar-refractivity contribution >= 4 is 27.7 Å². The third kappa shape index (κ3) is 4.31. The number of hydrogen-bond acceptors (Lipinski definition) is 4. The molecule has 2 N–H and O–H groups in total. The maximum absolute atomic E-state index is 10.4. The number of aliphatic carboxylic acids is 1. The molecule has 1 aromatic heterocycles. The predicted molar refractivity (Wildman–Crippen MR) is 80.5 cm³/mol. The molecule has 1 aromatic carbocycles. The summed E-state index contributed by atoms with van der Waals surface area (Å²) in [6, 6.07) is 11.6. The average Bonchev–Trinajstić information content (AvgIpc) is 2.45. The molecule has 104 valence electrons. The summed E-state index contributed by atoms with van der Waals surface area (Å²) in [6.45, 7) is 0.568. The number of anilines is 1. The van der Waals surface area contributed by atoms with Crippen molar-refractivity contribution in [3.63, 3.8) is 0 Å². The van der Waals surface area contributed by atoms with Gasteiger partial charge in [-0.05, 0) is 30.7 Å². The standard InChI is InChI=1S/C14H14BrN3O2/c15-11-5-3-10(4-6-11)12-7-8-13(18-17-12)16-9-1-2-14(19)20/h3-8H,1-2,9H2,(H,16,18)(H,19,20). The maximum Gasteiger partial charge on any atom is 0.303 e. The Labute approximate surface area is 125 Å². The second-order valence-electron chi connectivity index (χ2n) is 4.23. The largest absolute Gasteiger partial charge is 0.481 e. The van der Waals surface area contributed by atoms with Gasteiger partial charge in [-0.3, -0.25) is 4.79 Å². The molecule has 0 aliphatic heterocycles. The first kappa shape index (κ1) is 14.5. The van der Waals surface area contributed by atoms with Crippen LogP contribution in [0.25, 0.3) is 11.3 Å². The minimum absolute atomic E-state index is 0.150. The Bertz CT molecular complexity index is 570. The molecule has 2 rings (SSSR count). The molecule has 0 fully saturated rings. The van der Waals surface area contributed by atoms with Crippen molar-refractivity contribution in [1.82, 2.24) is 10.2 Å². The minimum Gasteiger partial charge on any atom is -0.481 e. The molecule has 0 aliphatic carbocycles. The summed E-state index contributed by atoms with van der Waals surface area (Å²) in [5.74, 6) is -0.139. The number of benzene rings is 1. The molecule has 0 radical (unpaired) electrons. The van der Waals surface area contributed by atoms with Gasteiger partial charge in [0.25, 0.3) is 0 Å². The highest BCUT2D eigenvalue weighted by molar-refractivity contribution is 9.10. The summed E-state index contributed by atoms with van der Waals surface area (Å²) < 4.78 is 1.02. The Balaban J connectivity index is 1.92. The fourth-order valence-corrected chi connectivity index (χ4v) is 1.92. The van der Waals surface area contributed by atoms with Crippen molar-refractivity contribution in [3.8, 4) is 11.3 Å². The van der Waals surface area contributed by atoms with Crippen LogP contribution in [-0.4, -0.2) is 27.8 Å². The van der Waals surface area contributed by atoms with Crippen LogP contribution >= 0.6 is 15.9 Å². The fraction of sp³-hybridized carbons (Fsp3) is 0.214. The van der Waals surface area contributed by atoms with Gasteiger partial charge in [0, 0.05) is 23.0 Å². The highest BCUT2D eigenvalue weighted by Gasteiger charge is 2.01. The maximum atomic E-state index is 10.4. The van der Waals surface area contributed by atoms with Crippen LogP contribution in [0.15, 0.2) is 40.9 Å². The van der Waals surface area contributed by atoms with Gasteiger partial charge >= 0.3 is 5.97 Å². The quantitative estimate of drug-likeness (QED) is 0.793. The number of carboxylic acid groups (broad SMARTS) is 1. The molecule has 0 amide bonds. The van der Waals surface area contributed by atoms with Crippen LogP contribution in [-0.2, 0) is 4.79 Å². The van der Waals surface area contributed by atoms with E-state index in [1.54, 1.807) is 0 Å². The zero-order valence-electron chi connectivity index (χ0n) is 10.7. The number of carboxylic acids is 1. The van der Waals surface area contributed by atoms with Gasteiger partial charge in [-0.2, -0.15) is 0 Å². The summed E-state index contributed by atoms with van der Waals surface area (Å²) in [5, 5.41) is 19.8. The van der Waals surface area contributed by atoms with Crippen LogP contribution in [0, 0.1) is 0 Å². The van der Waals surface area contributed by atoms with Crippen molar-refractivity contribution in [2.24, 2.45) is 0 Å². The minimum atomic E-state index is -0.788. The van der Waals surface area contributed by atoms with Crippen LogP contribution in [0.1, 0.15) is 12.8 Å². The lowest BCUT2D eigenvalue weighted by atomic mass is 10.1. The lowest BCUT2D eigenvalue weighted by Crippen LogP contribution is -2.06. The number of aromatic nitrogens is 2. The van der Waals surface area contributed by atoms with Gasteiger partial charge < -0.3 is 10.4 Å². The van der Waals surface area contributed by atoms with Crippen molar-refractivity contribution in [1.29, 1.82) is 0 Å². The van der Waals surface area contributed by atoms with Crippen molar-refractivity contribution < 1.29 is 9.90 Å². The molecule has 6 heteroatoms. The lowest BCUT2D eigenvalue weighted by molar-refractivity contribution is -0.137. The van der Waals surface area contributed by atoms with Gasteiger partial charge in [0.15, 0.2) is 0 Å². The van der Waals surface area contributed by atoms with Gasteiger partial charge in [-0.25, -0.2) is 0 Å². The third-order valence-corrected chi connectivity index (χ3v) is 3.21. The summed E-state index contributed by atoms with van der Waals surface area (Å²) >= 11 is 3.39. The van der Waals surface area contributed by atoms with Crippen LogP contribution in [0.4, 0.5) is 5.82 Å². The number of carbonyl (C=O) groups is 1. The number of nitrogens with one attached hydrogen (secondary N) is 1. The van der Waals surface area contributed by atoms with Gasteiger partial charge in [0.05, 0.1) is 5.69 Å². The highest BCUT2D eigenvalue weighted by Crippen LogP contribution is 2.19. The third-order valence-electron chi connectivity index (χ3n) is 2.68. The summed E-state index contributed by atoms with van der Waals surface area (Å²) in [6.07, 6.45) is 0.711.